The van der Waals surface area contributed by atoms with Gasteiger partial charge in [0.1, 0.15) is 6.54 Å². The summed E-state index contributed by atoms with van der Waals surface area (Å²) in [6.45, 7) is 2.43. The Bertz CT molecular complexity index is 768. The number of likely N-dealkylation sites (N-methyl/N-ethyl adjacent to an activating group) is 1. The van der Waals surface area contributed by atoms with E-state index in [-0.39, 0.29) is 24.2 Å². The van der Waals surface area contributed by atoms with Crippen molar-refractivity contribution in [2.24, 2.45) is 4.99 Å². The summed E-state index contributed by atoms with van der Waals surface area (Å²) >= 11 is 1.59. The highest BCUT2D eigenvalue weighted by atomic mass is 32.1. The molecule has 0 bridgehead atoms. The van der Waals surface area contributed by atoms with Crippen LogP contribution in [0.2, 0.25) is 0 Å². The van der Waals surface area contributed by atoms with Crippen LogP contribution in [0.25, 0.3) is 0 Å². The zero-order valence-corrected chi connectivity index (χ0v) is 14.3. The van der Waals surface area contributed by atoms with E-state index < -0.39 is 0 Å². The Balaban J connectivity index is 1.73. The molecule has 1 aliphatic rings. The molecule has 0 saturated carbocycles. The third-order valence-corrected chi connectivity index (χ3v) is 4.41. The number of amides is 2. The van der Waals surface area contributed by atoms with Gasteiger partial charge in [0, 0.05) is 13.6 Å². The van der Waals surface area contributed by atoms with Gasteiger partial charge < -0.3 is 4.90 Å². The molecule has 1 aromatic heterocycles. The van der Waals surface area contributed by atoms with E-state index in [1.54, 1.807) is 23.3 Å². The molecule has 1 aromatic carbocycles. The minimum Gasteiger partial charge on any atom is -0.335 e. The van der Waals surface area contributed by atoms with E-state index in [0.717, 1.165) is 11.1 Å². The number of hydrogen-bond donors (Lipinski definition) is 1. The van der Waals surface area contributed by atoms with Crippen molar-refractivity contribution in [3.8, 4) is 0 Å². The van der Waals surface area contributed by atoms with E-state index in [1.807, 2.05) is 48.0 Å². The molecule has 24 heavy (non-hydrogen) atoms. The van der Waals surface area contributed by atoms with Crippen molar-refractivity contribution >= 4 is 34.7 Å². The summed E-state index contributed by atoms with van der Waals surface area (Å²) in [5.41, 5.74) is 5.70. The largest absolute Gasteiger partial charge is 0.335 e. The molecule has 1 N–H and O–H groups in total. The second-order valence-electron chi connectivity index (χ2n) is 5.63. The number of carbonyl (C=O) groups is 2. The van der Waals surface area contributed by atoms with Crippen LogP contribution in [0.5, 0.6) is 0 Å². The number of nitrogens with zero attached hydrogens (tertiary/aromatic N) is 3. The van der Waals surface area contributed by atoms with Crippen LogP contribution in [0, 0.1) is 6.92 Å². The van der Waals surface area contributed by atoms with Crippen molar-refractivity contribution in [1.82, 2.24) is 10.3 Å². The summed E-state index contributed by atoms with van der Waals surface area (Å²) in [6, 6.07) is 9.48. The molecule has 0 radical (unpaired) electrons. The molecule has 6 nitrogen and oxygen atoms in total. The van der Waals surface area contributed by atoms with Crippen LogP contribution in [0.3, 0.4) is 0 Å². The quantitative estimate of drug-likeness (QED) is 0.924. The predicted octanol–water partition coefficient (Wildman–Crippen LogP) is 1.96. The molecule has 0 spiro atoms. The third-order valence-electron chi connectivity index (χ3n) is 3.68. The number of thiophene rings is 1. The Kier molecular flexibility index (Phi) is 4.61. The van der Waals surface area contributed by atoms with Crippen LogP contribution >= 0.6 is 11.3 Å². The number of hydrazine groups is 1. The summed E-state index contributed by atoms with van der Waals surface area (Å²) in [6.07, 6.45) is 0. The standard InChI is InChI=1S/C17H18N4O2S/c1-12-3-5-14(6-4-12)21-15(22)9-18-16(19-21)17(23)20(2)10-13-7-8-24-11-13/h3-8,11H,9-10H2,1-2H3,(H,18,19). The third kappa shape index (κ3) is 3.46. The summed E-state index contributed by atoms with van der Waals surface area (Å²) in [5, 5.41) is 5.35. The molecule has 7 heteroatoms. The van der Waals surface area contributed by atoms with E-state index in [4.69, 9.17) is 0 Å². The molecule has 3 rings (SSSR count). The molecule has 0 aliphatic carbocycles. The van der Waals surface area contributed by atoms with Crippen molar-refractivity contribution in [2.75, 3.05) is 18.6 Å². The number of aryl methyl sites for hydroxylation is 1. The molecule has 124 valence electrons. The van der Waals surface area contributed by atoms with Crippen molar-refractivity contribution in [1.29, 1.82) is 0 Å². The first-order valence-electron chi connectivity index (χ1n) is 7.52. The molecule has 2 aromatic rings. The lowest BCUT2D eigenvalue weighted by atomic mass is 10.2. The fraction of sp³-hybridized carbons (Fsp3) is 0.235. The van der Waals surface area contributed by atoms with Crippen molar-refractivity contribution in [2.45, 2.75) is 13.5 Å². The number of benzene rings is 1. The molecule has 0 atom stereocenters. The Hall–Kier alpha value is -2.67. The predicted molar refractivity (Wildman–Crippen MR) is 94.9 cm³/mol. The van der Waals surface area contributed by atoms with Gasteiger partial charge in [0.25, 0.3) is 11.8 Å². The number of anilines is 1. The van der Waals surface area contributed by atoms with Crippen LogP contribution in [0.1, 0.15) is 11.1 Å². The van der Waals surface area contributed by atoms with Gasteiger partial charge in [0.15, 0.2) is 0 Å². The fourth-order valence-electron chi connectivity index (χ4n) is 2.35. The molecular weight excluding hydrogens is 324 g/mol. The number of carbonyl (C=O) groups excluding carboxylic acids is 2. The maximum absolute atomic E-state index is 12.6. The Morgan fingerprint density at radius 2 is 2.08 bits per heavy atom. The SMILES string of the molecule is Cc1ccc(N2NC(C(=O)N(C)Cc3ccsc3)=NCC2=O)cc1. The lowest BCUT2D eigenvalue weighted by Crippen LogP contribution is -2.55. The highest BCUT2D eigenvalue weighted by Gasteiger charge is 2.27. The zero-order chi connectivity index (χ0) is 17.1. The van der Waals surface area contributed by atoms with Crippen LogP contribution in [0.15, 0.2) is 46.1 Å². The van der Waals surface area contributed by atoms with Crippen LogP contribution in [-0.4, -0.2) is 36.1 Å². The number of nitrogens with one attached hydrogen (secondary N) is 1. The molecular formula is C17H18N4O2S. The minimum atomic E-state index is -0.245. The van der Waals surface area contributed by atoms with E-state index >= 15 is 0 Å². The smallest absolute Gasteiger partial charge is 0.290 e. The number of hydrogen-bond acceptors (Lipinski definition) is 5. The normalized spacial score (nSPS) is 14.2. The second kappa shape index (κ2) is 6.84. The van der Waals surface area contributed by atoms with Gasteiger partial charge in [0.05, 0.1) is 5.69 Å². The zero-order valence-electron chi connectivity index (χ0n) is 13.5. The van der Waals surface area contributed by atoms with E-state index in [2.05, 4.69) is 10.4 Å². The van der Waals surface area contributed by atoms with Gasteiger partial charge in [-0.15, -0.1) is 0 Å². The fourth-order valence-corrected chi connectivity index (χ4v) is 3.01. The number of rotatable bonds is 4. The van der Waals surface area contributed by atoms with Crippen molar-refractivity contribution in [3.05, 3.63) is 52.2 Å². The molecule has 0 saturated heterocycles. The highest BCUT2D eigenvalue weighted by molar-refractivity contribution is 7.07. The Morgan fingerprint density at radius 3 is 2.75 bits per heavy atom. The first-order chi connectivity index (χ1) is 11.5. The van der Waals surface area contributed by atoms with Gasteiger partial charge in [-0.05, 0) is 41.4 Å². The first-order valence-corrected chi connectivity index (χ1v) is 8.46. The van der Waals surface area contributed by atoms with E-state index in [1.165, 1.54) is 5.01 Å². The number of aliphatic imine (C=N–C) groups is 1. The van der Waals surface area contributed by atoms with Gasteiger partial charge >= 0.3 is 0 Å². The van der Waals surface area contributed by atoms with Gasteiger partial charge in [-0.3, -0.25) is 20.0 Å². The number of amidine groups is 1. The molecule has 2 amide bonds. The minimum absolute atomic E-state index is 0.0474. The van der Waals surface area contributed by atoms with Gasteiger partial charge in [-0.2, -0.15) is 11.3 Å². The van der Waals surface area contributed by atoms with E-state index in [9.17, 15) is 9.59 Å². The second-order valence-corrected chi connectivity index (χ2v) is 6.41. The van der Waals surface area contributed by atoms with Crippen LogP contribution in [0.4, 0.5) is 5.69 Å². The highest BCUT2D eigenvalue weighted by Crippen LogP contribution is 2.16. The molecule has 1 aliphatic heterocycles. The lowest BCUT2D eigenvalue weighted by molar-refractivity contribution is -0.123. The maximum Gasteiger partial charge on any atom is 0.290 e. The Labute approximate surface area is 144 Å². The summed E-state index contributed by atoms with van der Waals surface area (Å²) in [5.74, 6) is -0.269. The Morgan fingerprint density at radius 1 is 1.33 bits per heavy atom. The van der Waals surface area contributed by atoms with Gasteiger partial charge in [-0.1, -0.05) is 17.7 Å². The molecule has 0 unspecified atom stereocenters. The summed E-state index contributed by atoms with van der Waals surface area (Å²) in [7, 11) is 1.72. The summed E-state index contributed by atoms with van der Waals surface area (Å²) in [4.78, 5) is 30.3. The molecule has 0 fully saturated rings. The van der Waals surface area contributed by atoms with Crippen molar-refractivity contribution < 1.29 is 9.59 Å². The lowest BCUT2D eigenvalue weighted by Gasteiger charge is -2.29. The molecule has 2 heterocycles. The summed E-state index contributed by atoms with van der Waals surface area (Å²) < 4.78 is 0. The van der Waals surface area contributed by atoms with Crippen LogP contribution < -0.4 is 10.4 Å². The van der Waals surface area contributed by atoms with Crippen molar-refractivity contribution in [3.63, 3.8) is 0 Å². The first kappa shape index (κ1) is 16.2. The average Bonchev–Trinajstić information content (AvgIpc) is 3.08. The van der Waals surface area contributed by atoms with Crippen LogP contribution in [-0.2, 0) is 16.1 Å². The van der Waals surface area contributed by atoms with E-state index in [0.29, 0.717) is 12.2 Å². The van der Waals surface area contributed by atoms with Gasteiger partial charge in [0.2, 0.25) is 5.84 Å². The monoisotopic (exact) mass is 342 g/mol. The van der Waals surface area contributed by atoms with Gasteiger partial charge in [-0.25, -0.2) is 5.01 Å². The topological polar surface area (TPSA) is 65.0 Å². The average molecular weight is 342 g/mol. The maximum atomic E-state index is 12.6.